The molecule has 1 aliphatic carbocycles. The zero-order valence-corrected chi connectivity index (χ0v) is 8.27. The molecule has 1 aromatic rings. The molecule has 0 bridgehead atoms. The first-order valence-corrected chi connectivity index (χ1v) is 4.93. The number of nitrogens with one attached hydrogen (secondary N) is 1. The van der Waals surface area contributed by atoms with Crippen LogP contribution in [0.3, 0.4) is 0 Å². The van der Waals surface area contributed by atoms with E-state index in [-0.39, 0.29) is 0 Å². The molecule has 80 valence electrons. The summed E-state index contributed by atoms with van der Waals surface area (Å²) in [5, 5.41) is 2.43. The van der Waals surface area contributed by atoms with Crippen molar-refractivity contribution in [3.05, 3.63) is 18.3 Å². The minimum absolute atomic E-state index is 0.312. The molecule has 2 amide bonds. The molecule has 0 aromatic carbocycles. The van der Waals surface area contributed by atoms with Crippen LogP contribution in [0.4, 0.5) is 10.5 Å². The summed E-state index contributed by atoms with van der Waals surface area (Å²) in [6.45, 7) is 0. The number of ether oxygens (including phenoxy) is 1. The van der Waals surface area contributed by atoms with Crippen LogP contribution in [-0.4, -0.2) is 17.1 Å². The first kappa shape index (κ1) is 9.76. The van der Waals surface area contributed by atoms with Crippen molar-refractivity contribution in [3.63, 3.8) is 0 Å². The minimum Gasteiger partial charge on any atom is -0.474 e. The Labute approximate surface area is 87.6 Å². The molecule has 1 fully saturated rings. The minimum atomic E-state index is -0.593. The van der Waals surface area contributed by atoms with Crippen molar-refractivity contribution in [2.45, 2.75) is 25.4 Å². The second kappa shape index (κ2) is 4.16. The molecule has 2 rings (SSSR count). The van der Waals surface area contributed by atoms with Crippen LogP contribution in [-0.2, 0) is 0 Å². The standard InChI is InChI=1S/C10H13N3O2/c11-10(14)13-7-4-5-9(12-6-7)15-8-2-1-3-8/h4-6,8H,1-3H2,(H3,11,13,14). The molecule has 1 heterocycles. The first-order valence-electron chi connectivity index (χ1n) is 4.93. The Balaban J connectivity index is 1.93. The second-order valence-electron chi connectivity index (χ2n) is 3.55. The van der Waals surface area contributed by atoms with Gasteiger partial charge in [0.15, 0.2) is 0 Å². The van der Waals surface area contributed by atoms with Gasteiger partial charge in [0, 0.05) is 6.07 Å². The number of nitrogens with two attached hydrogens (primary N) is 1. The Morgan fingerprint density at radius 1 is 1.53 bits per heavy atom. The summed E-state index contributed by atoms with van der Waals surface area (Å²) in [6, 6.07) is 2.85. The summed E-state index contributed by atoms with van der Waals surface area (Å²) in [5.74, 6) is 0.592. The predicted molar refractivity (Wildman–Crippen MR) is 55.7 cm³/mol. The zero-order chi connectivity index (χ0) is 10.7. The van der Waals surface area contributed by atoms with Gasteiger partial charge in [0.25, 0.3) is 0 Å². The molecule has 15 heavy (non-hydrogen) atoms. The van der Waals surface area contributed by atoms with Crippen LogP contribution < -0.4 is 15.8 Å². The zero-order valence-electron chi connectivity index (χ0n) is 8.27. The Bertz CT molecular complexity index is 346. The lowest BCUT2D eigenvalue weighted by Gasteiger charge is -2.25. The lowest BCUT2D eigenvalue weighted by Crippen LogP contribution is -2.25. The molecule has 5 heteroatoms. The molecule has 3 N–H and O–H groups in total. The number of nitrogens with zero attached hydrogens (tertiary/aromatic N) is 1. The smallest absolute Gasteiger partial charge is 0.316 e. The third-order valence-corrected chi connectivity index (χ3v) is 2.34. The summed E-state index contributed by atoms with van der Waals surface area (Å²) in [7, 11) is 0. The molecular formula is C10H13N3O2. The van der Waals surface area contributed by atoms with Gasteiger partial charge in [-0.2, -0.15) is 0 Å². The number of anilines is 1. The van der Waals surface area contributed by atoms with E-state index in [2.05, 4.69) is 10.3 Å². The summed E-state index contributed by atoms with van der Waals surface area (Å²) in [4.78, 5) is 14.6. The van der Waals surface area contributed by atoms with Crippen LogP contribution in [0.5, 0.6) is 5.88 Å². The molecule has 1 saturated carbocycles. The van der Waals surface area contributed by atoms with Crippen LogP contribution in [0, 0.1) is 0 Å². The third kappa shape index (κ3) is 2.59. The molecule has 0 unspecified atom stereocenters. The van der Waals surface area contributed by atoms with E-state index in [4.69, 9.17) is 10.5 Å². The Hall–Kier alpha value is -1.78. The SMILES string of the molecule is NC(=O)Nc1ccc(OC2CCC2)nc1. The fraction of sp³-hybridized carbons (Fsp3) is 0.400. The van der Waals surface area contributed by atoms with Gasteiger partial charge >= 0.3 is 6.03 Å². The molecule has 5 nitrogen and oxygen atoms in total. The maximum absolute atomic E-state index is 10.5. The highest BCUT2D eigenvalue weighted by Crippen LogP contribution is 2.24. The van der Waals surface area contributed by atoms with Gasteiger partial charge in [-0.3, -0.25) is 0 Å². The van der Waals surface area contributed by atoms with E-state index < -0.39 is 6.03 Å². The van der Waals surface area contributed by atoms with Crippen LogP contribution in [0.2, 0.25) is 0 Å². The highest BCUT2D eigenvalue weighted by molar-refractivity contribution is 5.87. The predicted octanol–water partition coefficient (Wildman–Crippen LogP) is 1.50. The van der Waals surface area contributed by atoms with Gasteiger partial charge in [-0.05, 0) is 25.3 Å². The first-order chi connectivity index (χ1) is 7.24. The van der Waals surface area contributed by atoms with Crippen molar-refractivity contribution in [1.82, 2.24) is 4.98 Å². The van der Waals surface area contributed by atoms with Gasteiger partial charge < -0.3 is 15.8 Å². The van der Waals surface area contributed by atoms with Crippen LogP contribution >= 0.6 is 0 Å². The molecule has 0 aliphatic heterocycles. The number of primary amides is 1. The normalized spacial score (nSPS) is 15.5. The number of hydrogen-bond donors (Lipinski definition) is 2. The molecule has 1 aromatic heterocycles. The van der Waals surface area contributed by atoms with Crippen molar-refractivity contribution < 1.29 is 9.53 Å². The van der Waals surface area contributed by atoms with Crippen LogP contribution in [0.25, 0.3) is 0 Å². The molecule has 1 aliphatic rings. The van der Waals surface area contributed by atoms with Crippen molar-refractivity contribution in [3.8, 4) is 5.88 Å². The number of hydrogen-bond acceptors (Lipinski definition) is 3. The highest BCUT2D eigenvalue weighted by Gasteiger charge is 2.19. The molecule has 0 saturated heterocycles. The van der Waals surface area contributed by atoms with Gasteiger partial charge in [-0.25, -0.2) is 9.78 Å². The van der Waals surface area contributed by atoms with Crippen LogP contribution in [0.15, 0.2) is 18.3 Å². The maximum Gasteiger partial charge on any atom is 0.316 e. The summed E-state index contributed by atoms with van der Waals surface area (Å²) in [6.07, 6.45) is 5.27. The molecule has 0 atom stereocenters. The molecule has 0 radical (unpaired) electrons. The molecular weight excluding hydrogens is 194 g/mol. The van der Waals surface area contributed by atoms with E-state index >= 15 is 0 Å². The van der Waals surface area contributed by atoms with Crippen LogP contribution in [0.1, 0.15) is 19.3 Å². The number of aromatic nitrogens is 1. The summed E-state index contributed by atoms with van der Waals surface area (Å²) < 4.78 is 5.56. The van der Waals surface area contributed by atoms with E-state index in [1.54, 1.807) is 12.1 Å². The second-order valence-corrected chi connectivity index (χ2v) is 3.55. The average molecular weight is 207 g/mol. The van der Waals surface area contributed by atoms with Crippen molar-refractivity contribution in [2.24, 2.45) is 5.73 Å². The largest absolute Gasteiger partial charge is 0.474 e. The van der Waals surface area contributed by atoms with E-state index in [1.807, 2.05) is 0 Å². The summed E-state index contributed by atoms with van der Waals surface area (Å²) in [5.41, 5.74) is 5.54. The van der Waals surface area contributed by atoms with Crippen molar-refractivity contribution in [2.75, 3.05) is 5.32 Å². The third-order valence-electron chi connectivity index (χ3n) is 2.34. The van der Waals surface area contributed by atoms with E-state index in [1.165, 1.54) is 12.6 Å². The highest BCUT2D eigenvalue weighted by atomic mass is 16.5. The lowest BCUT2D eigenvalue weighted by molar-refractivity contribution is 0.114. The van der Waals surface area contributed by atoms with Gasteiger partial charge in [-0.15, -0.1) is 0 Å². The number of carbonyl (C=O) groups is 1. The Morgan fingerprint density at radius 2 is 2.33 bits per heavy atom. The number of carbonyl (C=O) groups excluding carboxylic acids is 1. The summed E-state index contributed by atoms with van der Waals surface area (Å²) >= 11 is 0. The van der Waals surface area contributed by atoms with Gasteiger partial charge in [-0.1, -0.05) is 0 Å². The van der Waals surface area contributed by atoms with Gasteiger partial charge in [0.1, 0.15) is 6.10 Å². The fourth-order valence-electron chi connectivity index (χ4n) is 1.33. The van der Waals surface area contributed by atoms with Gasteiger partial charge in [0.2, 0.25) is 5.88 Å². The number of pyridine rings is 1. The average Bonchev–Trinajstić information content (AvgIpc) is 2.13. The van der Waals surface area contributed by atoms with Crippen molar-refractivity contribution in [1.29, 1.82) is 0 Å². The number of amides is 2. The van der Waals surface area contributed by atoms with E-state index in [0.717, 1.165) is 12.8 Å². The van der Waals surface area contributed by atoms with Gasteiger partial charge in [0.05, 0.1) is 11.9 Å². The Kier molecular flexibility index (Phi) is 2.71. The monoisotopic (exact) mass is 207 g/mol. The van der Waals surface area contributed by atoms with Crippen molar-refractivity contribution >= 4 is 11.7 Å². The lowest BCUT2D eigenvalue weighted by atomic mass is 9.96. The molecule has 0 spiro atoms. The topological polar surface area (TPSA) is 77.2 Å². The van der Waals surface area contributed by atoms with E-state index in [9.17, 15) is 4.79 Å². The van der Waals surface area contributed by atoms with E-state index in [0.29, 0.717) is 17.7 Å². The number of rotatable bonds is 3. The maximum atomic E-state index is 10.5. The fourth-order valence-corrected chi connectivity index (χ4v) is 1.33. The number of urea groups is 1. The Morgan fingerprint density at radius 3 is 2.80 bits per heavy atom. The quantitative estimate of drug-likeness (QED) is 0.788.